The van der Waals surface area contributed by atoms with Gasteiger partial charge in [-0.1, -0.05) is 17.7 Å². The van der Waals surface area contributed by atoms with E-state index in [9.17, 15) is 0 Å². The summed E-state index contributed by atoms with van der Waals surface area (Å²) in [5, 5.41) is 12.6. The normalized spacial score (nSPS) is 9.71. The van der Waals surface area contributed by atoms with Crippen molar-refractivity contribution in [3.05, 3.63) is 51.7 Å². The maximum atomic E-state index is 8.76. The van der Waals surface area contributed by atoms with Gasteiger partial charge in [-0.25, -0.2) is 4.98 Å². The first-order valence-corrected chi connectivity index (χ1v) is 5.95. The Kier molecular flexibility index (Phi) is 3.62. The fraction of sp³-hybridized carbons (Fsp3) is 0. The van der Waals surface area contributed by atoms with Crippen molar-refractivity contribution in [3.8, 4) is 6.07 Å². The molecule has 1 heterocycles. The second-order valence-corrected chi connectivity index (χ2v) is 4.47. The van der Waals surface area contributed by atoms with Gasteiger partial charge in [0.1, 0.15) is 11.8 Å². The number of anilines is 2. The van der Waals surface area contributed by atoms with Crippen molar-refractivity contribution in [1.29, 1.82) is 5.26 Å². The molecular formula is C12H7BrClN3. The number of nitriles is 1. The molecule has 84 valence electrons. The predicted molar refractivity (Wildman–Crippen MR) is 71.4 cm³/mol. The van der Waals surface area contributed by atoms with Crippen LogP contribution in [-0.4, -0.2) is 4.98 Å². The lowest BCUT2D eigenvalue weighted by atomic mass is 10.3. The van der Waals surface area contributed by atoms with Crippen LogP contribution in [0.1, 0.15) is 5.69 Å². The van der Waals surface area contributed by atoms with E-state index >= 15 is 0 Å². The monoisotopic (exact) mass is 307 g/mol. The van der Waals surface area contributed by atoms with Gasteiger partial charge in [0.25, 0.3) is 0 Å². The van der Waals surface area contributed by atoms with Crippen molar-refractivity contribution in [2.45, 2.75) is 0 Å². The van der Waals surface area contributed by atoms with Crippen LogP contribution >= 0.6 is 27.5 Å². The zero-order valence-electron chi connectivity index (χ0n) is 8.61. The molecule has 0 fully saturated rings. The number of nitrogens with zero attached hydrogens (tertiary/aromatic N) is 2. The third kappa shape index (κ3) is 2.76. The molecule has 0 unspecified atom stereocenters. The third-order valence-corrected chi connectivity index (χ3v) is 3.50. The first-order chi connectivity index (χ1) is 8.20. The molecule has 0 spiro atoms. The molecule has 0 atom stereocenters. The summed E-state index contributed by atoms with van der Waals surface area (Å²) in [5.74, 6) is 0. The van der Waals surface area contributed by atoms with Crippen LogP contribution in [0.3, 0.4) is 0 Å². The number of hydrogen-bond acceptors (Lipinski definition) is 3. The number of aromatic nitrogens is 1. The Balaban J connectivity index is 2.32. The summed E-state index contributed by atoms with van der Waals surface area (Å²) in [6.45, 7) is 0. The molecule has 0 aliphatic rings. The summed E-state index contributed by atoms with van der Waals surface area (Å²) in [5.41, 5.74) is 2.00. The number of benzene rings is 1. The van der Waals surface area contributed by atoms with Gasteiger partial charge in [-0.3, -0.25) is 0 Å². The van der Waals surface area contributed by atoms with Crippen LogP contribution in [-0.2, 0) is 0 Å². The lowest BCUT2D eigenvalue weighted by molar-refractivity contribution is 1.26. The van der Waals surface area contributed by atoms with E-state index in [2.05, 4.69) is 26.2 Å². The number of hydrogen-bond donors (Lipinski definition) is 1. The van der Waals surface area contributed by atoms with Crippen molar-refractivity contribution < 1.29 is 0 Å². The summed E-state index contributed by atoms with van der Waals surface area (Å²) in [6, 6.07) is 11.0. The summed E-state index contributed by atoms with van der Waals surface area (Å²) in [7, 11) is 0. The Bertz CT molecular complexity index is 593. The van der Waals surface area contributed by atoms with E-state index in [-0.39, 0.29) is 0 Å². The minimum Gasteiger partial charge on any atom is -0.354 e. The molecule has 0 saturated carbocycles. The van der Waals surface area contributed by atoms with Gasteiger partial charge in [-0.05, 0) is 40.2 Å². The summed E-state index contributed by atoms with van der Waals surface area (Å²) in [6.07, 6.45) is 1.58. The van der Waals surface area contributed by atoms with E-state index in [4.69, 9.17) is 16.9 Å². The third-order valence-electron chi connectivity index (χ3n) is 2.11. The van der Waals surface area contributed by atoms with Crippen molar-refractivity contribution in [2.24, 2.45) is 0 Å². The van der Waals surface area contributed by atoms with E-state index in [1.165, 1.54) is 0 Å². The van der Waals surface area contributed by atoms with Gasteiger partial charge in [0.15, 0.2) is 0 Å². The SMILES string of the molecule is N#Cc1cc(Nc2cccc(Cl)c2Br)ccn1. The molecule has 17 heavy (non-hydrogen) atoms. The first-order valence-electron chi connectivity index (χ1n) is 4.78. The Labute approximate surface area is 112 Å². The predicted octanol–water partition coefficient (Wildman–Crippen LogP) is 4.11. The van der Waals surface area contributed by atoms with Crippen LogP contribution in [0.25, 0.3) is 0 Å². The summed E-state index contributed by atoms with van der Waals surface area (Å²) < 4.78 is 0.789. The molecule has 0 bridgehead atoms. The first kappa shape index (κ1) is 11.9. The van der Waals surface area contributed by atoms with Gasteiger partial charge in [0.2, 0.25) is 0 Å². The van der Waals surface area contributed by atoms with Crippen LogP contribution in [0.5, 0.6) is 0 Å². The Morgan fingerprint density at radius 3 is 2.94 bits per heavy atom. The van der Waals surface area contributed by atoms with Crippen LogP contribution in [0.2, 0.25) is 5.02 Å². The molecule has 3 nitrogen and oxygen atoms in total. The number of rotatable bonds is 2. The summed E-state index contributed by atoms with van der Waals surface area (Å²) in [4.78, 5) is 3.90. The smallest absolute Gasteiger partial charge is 0.142 e. The average Bonchev–Trinajstić information content (AvgIpc) is 2.35. The highest BCUT2D eigenvalue weighted by Crippen LogP contribution is 2.31. The van der Waals surface area contributed by atoms with E-state index in [1.807, 2.05) is 18.2 Å². The minimum absolute atomic E-state index is 0.369. The highest BCUT2D eigenvalue weighted by Gasteiger charge is 2.04. The highest BCUT2D eigenvalue weighted by molar-refractivity contribution is 9.10. The van der Waals surface area contributed by atoms with Crippen molar-refractivity contribution in [3.63, 3.8) is 0 Å². The van der Waals surface area contributed by atoms with E-state index in [0.29, 0.717) is 10.7 Å². The van der Waals surface area contributed by atoms with Crippen LogP contribution in [0.4, 0.5) is 11.4 Å². The maximum Gasteiger partial charge on any atom is 0.142 e. The maximum absolute atomic E-state index is 8.76. The van der Waals surface area contributed by atoms with E-state index < -0.39 is 0 Å². The fourth-order valence-corrected chi connectivity index (χ4v) is 1.86. The molecule has 1 N–H and O–H groups in total. The molecule has 2 aromatic rings. The van der Waals surface area contributed by atoms with Gasteiger partial charge in [-0.15, -0.1) is 0 Å². The van der Waals surface area contributed by atoms with Gasteiger partial charge >= 0.3 is 0 Å². The van der Waals surface area contributed by atoms with E-state index in [1.54, 1.807) is 24.4 Å². The molecule has 0 aliphatic heterocycles. The van der Waals surface area contributed by atoms with E-state index in [0.717, 1.165) is 15.8 Å². The molecular weight excluding hydrogens is 302 g/mol. The van der Waals surface area contributed by atoms with Gasteiger partial charge < -0.3 is 5.32 Å². The van der Waals surface area contributed by atoms with Crippen LogP contribution in [0.15, 0.2) is 41.0 Å². The zero-order valence-corrected chi connectivity index (χ0v) is 11.0. The van der Waals surface area contributed by atoms with Crippen LogP contribution in [0, 0.1) is 11.3 Å². The lowest BCUT2D eigenvalue weighted by Gasteiger charge is -2.09. The Morgan fingerprint density at radius 2 is 2.18 bits per heavy atom. The second-order valence-electron chi connectivity index (χ2n) is 3.27. The van der Waals surface area contributed by atoms with Gasteiger partial charge in [0, 0.05) is 11.9 Å². The summed E-state index contributed by atoms with van der Waals surface area (Å²) >= 11 is 9.39. The lowest BCUT2D eigenvalue weighted by Crippen LogP contribution is -1.93. The van der Waals surface area contributed by atoms with Crippen molar-refractivity contribution in [2.75, 3.05) is 5.32 Å². The number of nitrogens with one attached hydrogen (secondary N) is 1. The molecule has 0 aliphatic carbocycles. The minimum atomic E-state index is 0.369. The average molecular weight is 309 g/mol. The second kappa shape index (κ2) is 5.17. The Hall–Kier alpha value is -1.57. The zero-order chi connectivity index (χ0) is 12.3. The standard InChI is InChI=1S/C12H7BrClN3/c13-12-10(14)2-1-3-11(12)17-8-4-5-16-9(6-8)7-15/h1-6H,(H,16,17). The molecule has 0 saturated heterocycles. The molecule has 2 rings (SSSR count). The van der Waals surface area contributed by atoms with Gasteiger partial charge in [-0.2, -0.15) is 5.26 Å². The van der Waals surface area contributed by atoms with Gasteiger partial charge in [0.05, 0.1) is 15.2 Å². The van der Waals surface area contributed by atoms with Crippen molar-refractivity contribution in [1.82, 2.24) is 4.98 Å². The molecule has 1 aromatic carbocycles. The number of pyridine rings is 1. The molecule has 0 radical (unpaired) electrons. The molecule has 0 amide bonds. The Morgan fingerprint density at radius 1 is 1.35 bits per heavy atom. The van der Waals surface area contributed by atoms with Crippen molar-refractivity contribution >= 4 is 38.9 Å². The number of halogens is 2. The quantitative estimate of drug-likeness (QED) is 0.908. The molecule has 1 aromatic heterocycles. The van der Waals surface area contributed by atoms with Crippen LogP contribution < -0.4 is 5.32 Å². The largest absolute Gasteiger partial charge is 0.354 e. The topological polar surface area (TPSA) is 48.7 Å². The highest BCUT2D eigenvalue weighted by atomic mass is 79.9. The molecule has 5 heteroatoms. The fourth-order valence-electron chi connectivity index (χ4n) is 1.33.